The SMILES string of the molecule is CCCCCC(O)CCCC[C@@H](O)[C@@H]1CC[C@@H]([C@@H]2CCC([C@@H](O)CCCCCCCCCCCCC3=CC(C)OC3=O)O2)O1. The minimum Gasteiger partial charge on any atom is -0.455 e. The van der Waals surface area contributed by atoms with E-state index in [0.29, 0.717) is 0 Å². The Morgan fingerprint density at radius 1 is 0.659 bits per heavy atom. The first-order valence-electron chi connectivity index (χ1n) is 18.6. The van der Waals surface area contributed by atoms with E-state index in [4.69, 9.17) is 14.2 Å². The third-order valence-electron chi connectivity index (χ3n) is 10.1. The number of hydrogen-bond acceptors (Lipinski definition) is 7. The number of hydrogen-bond donors (Lipinski definition) is 3. The molecule has 0 aromatic rings. The Labute approximate surface area is 268 Å². The molecule has 0 aliphatic carbocycles. The van der Waals surface area contributed by atoms with Gasteiger partial charge in [-0.2, -0.15) is 0 Å². The van der Waals surface area contributed by atoms with Crippen LogP contribution >= 0.6 is 0 Å². The minimum absolute atomic E-state index is 0.0274. The number of carbonyl (C=O) groups excluding carboxylic acids is 1. The topological polar surface area (TPSA) is 105 Å². The van der Waals surface area contributed by atoms with Crippen LogP contribution in [0, 0.1) is 0 Å². The molecule has 8 atom stereocenters. The number of cyclic esters (lactones) is 1. The second-order valence-electron chi connectivity index (χ2n) is 14.0. The van der Waals surface area contributed by atoms with E-state index in [1.807, 2.05) is 13.0 Å². The first-order chi connectivity index (χ1) is 21.4. The molecule has 0 radical (unpaired) electrons. The zero-order valence-corrected chi connectivity index (χ0v) is 28.1. The van der Waals surface area contributed by atoms with Crippen molar-refractivity contribution < 1.29 is 34.3 Å². The first kappa shape index (κ1) is 37.5. The van der Waals surface area contributed by atoms with Gasteiger partial charge in [-0.15, -0.1) is 0 Å². The number of unbranched alkanes of at least 4 members (excludes halogenated alkanes) is 12. The molecule has 0 aromatic carbocycles. The zero-order valence-electron chi connectivity index (χ0n) is 28.1. The quantitative estimate of drug-likeness (QED) is 0.0703. The molecule has 3 aliphatic heterocycles. The van der Waals surface area contributed by atoms with Crippen LogP contribution in [0.3, 0.4) is 0 Å². The van der Waals surface area contributed by atoms with Crippen molar-refractivity contribution in [2.75, 3.05) is 0 Å². The molecule has 7 heteroatoms. The third-order valence-corrected chi connectivity index (χ3v) is 10.1. The van der Waals surface area contributed by atoms with Gasteiger partial charge >= 0.3 is 5.97 Å². The van der Waals surface area contributed by atoms with Crippen LogP contribution in [0.4, 0.5) is 0 Å². The van der Waals surface area contributed by atoms with E-state index in [9.17, 15) is 20.1 Å². The van der Waals surface area contributed by atoms with Crippen molar-refractivity contribution >= 4 is 5.97 Å². The van der Waals surface area contributed by atoms with Crippen molar-refractivity contribution in [3.8, 4) is 0 Å². The Morgan fingerprint density at radius 2 is 1.11 bits per heavy atom. The molecule has 3 heterocycles. The maximum Gasteiger partial charge on any atom is 0.334 e. The molecule has 44 heavy (non-hydrogen) atoms. The molecule has 3 rings (SSSR count). The molecule has 0 spiro atoms. The molecule has 7 nitrogen and oxygen atoms in total. The van der Waals surface area contributed by atoms with E-state index >= 15 is 0 Å². The molecule has 3 aliphatic rings. The van der Waals surface area contributed by atoms with Gasteiger partial charge in [0.1, 0.15) is 6.10 Å². The van der Waals surface area contributed by atoms with Crippen molar-refractivity contribution in [2.24, 2.45) is 0 Å². The Hall–Kier alpha value is -0.990. The van der Waals surface area contributed by atoms with Crippen molar-refractivity contribution in [1.29, 1.82) is 0 Å². The van der Waals surface area contributed by atoms with Gasteiger partial charge in [0.15, 0.2) is 0 Å². The van der Waals surface area contributed by atoms with E-state index in [1.165, 1.54) is 64.2 Å². The van der Waals surface area contributed by atoms with Crippen LogP contribution in [0.25, 0.3) is 0 Å². The standard InChI is InChI=1S/C37H66O7/c1-3-4-13-19-30(38)20-16-17-22-32(40)34-24-26-36(44-34)35-25-23-33(43-35)31(39)21-15-12-10-8-6-5-7-9-11-14-18-29-27-28(2)42-37(29)41/h27-28,30-36,38-40H,3-26H2,1-2H3/t28?,30?,31-,32+,33?,34-,35-,36-/m0/s1. The second kappa shape index (κ2) is 21.7. The van der Waals surface area contributed by atoms with Gasteiger partial charge in [-0.25, -0.2) is 4.79 Å². The maximum absolute atomic E-state index is 11.6. The Balaban J connectivity index is 1.13. The lowest BCUT2D eigenvalue weighted by Gasteiger charge is -2.24. The highest BCUT2D eigenvalue weighted by atomic mass is 16.6. The predicted octanol–water partition coefficient (Wildman–Crippen LogP) is 7.86. The molecule has 0 amide bonds. The summed E-state index contributed by atoms with van der Waals surface area (Å²) in [4.78, 5) is 11.6. The Morgan fingerprint density at radius 3 is 1.61 bits per heavy atom. The fraction of sp³-hybridized carbons (Fsp3) is 0.919. The number of aliphatic hydroxyl groups excluding tert-OH is 3. The molecular weight excluding hydrogens is 556 g/mol. The van der Waals surface area contributed by atoms with Crippen LogP contribution in [0.5, 0.6) is 0 Å². The molecular formula is C37H66O7. The molecule has 2 saturated heterocycles. The lowest BCUT2D eigenvalue weighted by atomic mass is 10.00. The summed E-state index contributed by atoms with van der Waals surface area (Å²) in [5.74, 6) is -0.123. The molecule has 0 saturated carbocycles. The predicted molar refractivity (Wildman–Crippen MR) is 175 cm³/mol. The molecule has 2 fully saturated rings. The summed E-state index contributed by atoms with van der Waals surface area (Å²) in [7, 11) is 0. The lowest BCUT2D eigenvalue weighted by molar-refractivity contribution is -0.139. The van der Waals surface area contributed by atoms with Gasteiger partial charge in [0.05, 0.1) is 42.7 Å². The fourth-order valence-electron chi connectivity index (χ4n) is 7.27. The number of carbonyl (C=O) groups is 1. The van der Waals surface area contributed by atoms with E-state index in [-0.39, 0.29) is 42.6 Å². The highest BCUT2D eigenvalue weighted by molar-refractivity contribution is 5.90. The summed E-state index contributed by atoms with van der Waals surface area (Å²) < 4.78 is 17.7. The van der Waals surface area contributed by atoms with Gasteiger partial charge in [0, 0.05) is 5.57 Å². The third kappa shape index (κ3) is 14.2. The van der Waals surface area contributed by atoms with Gasteiger partial charge in [0.2, 0.25) is 0 Å². The van der Waals surface area contributed by atoms with Crippen LogP contribution in [0.2, 0.25) is 0 Å². The van der Waals surface area contributed by atoms with Crippen LogP contribution in [-0.4, -0.2) is 70.1 Å². The lowest BCUT2D eigenvalue weighted by Crippen LogP contribution is -2.33. The Bertz CT molecular complexity index is 801. The van der Waals surface area contributed by atoms with Crippen molar-refractivity contribution in [3.63, 3.8) is 0 Å². The van der Waals surface area contributed by atoms with E-state index in [0.717, 1.165) is 95.5 Å². The van der Waals surface area contributed by atoms with Crippen molar-refractivity contribution in [2.45, 2.75) is 217 Å². The molecule has 3 N–H and O–H groups in total. The van der Waals surface area contributed by atoms with E-state index < -0.39 is 12.2 Å². The van der Waals surface area contributed by atoms with Gasteiger partial charge in [-0.3, -0.25) is 0 Å². The van der Waals surface area contributed by atoms with E-state index in [2.05, 4.69) is 6.92 Å². The summed E-state index contributed by atoms with van der Waals surface area (Å²) in [5, 5.41) is 31.5. The zero-order chi connectivity index (χ0) is 31.6. The average molecular weight is 623 g/mol. The summed E-state index contributed by atoms with van der Waals surface area (Å²) in [6, 6.07) is 0. The number of aliphatic hydroxyl groups is 3. The van der Waals surface area contributed by atoms with Gasteiger partial charge < -0.3 is 29.5 Å². The van der Waals surface area contributed by atoms with Crippen molar-refractivity contribution in [3.05, 3.63) is 11.6 Å². The summed E-state index contributed by atoms with van der Waals surface area (Å²) in [5.41, 5.74) is 0.863. The number of ether oxygens (including phenoxy) is 3. The van der Waals surface area contributed by atoms with Crippen LogP contribution in [-0.2, 0) is 19.0 Å². The van der Waals surface area contributed by atoms with Gasteiger partial charge in [0.25, 0.3) is 0 Å². The normalized spacial score (nSPS) is 27.4. The number of esters is 1. The van der Waals surface area contributed by atoms with Crippen LogP contribution in [0.15, 0.2) is 11.6 Å². The smallest absolute Gasteiger partial charge is 0.334 e. The van der Waals surface area contributed by atoms with Gasteiger partial charge in [-0.1, -0.05) is 96.8 Å². The number of rotatable bonds is 25. The van der Waals surface area contributed by atoms with Crippen molar-refractivity contribution in [1.82, 2.24) is 0 Å². The largest absolute Gasteiger partial charge is 0.455 e. The minimum atomic E-state index is -0.447. The second-order valence-corrected chi connectivity index (χ2v) is 14.0. The summed E-state index contributed by atoms with van der Waals surface area (Å²) in [6.45, 7) is 4.09. The molecule has 256 valence electrons. The molecule has 3 unspecified atom stereocenters. The molecule has 0 bridgehead atoms. The molecule has 0 aromatic heterocycles. The summed E-state index contributed by atoms with van der Waals surface area (Å²) in [6.07, 6.45) is 25.8. The first-order valence-corrected chi connectivity index (χ1v) is 18.6. The highest BCUT2D eigenvalue weighted by Gasteiger charge is 2.40. The fourth-order valence-corrected chi connectivity index (χ4v) is 7.27. The van der Waals surface area contributed by atoms with Crippen LogP contribution < -0.4 is 0 Å². The Kier molecular flexibility index (Phi) is 18.5. The summed E-state index contributed by atoms with van der Waals surface area (Å²) >= 11 is 0. The van der Waals surface area contributed by atoms with E-state index in [1.54, 1.807) is 0 Å². The van der Waals surface area contributed by atoms with Crippen LogP contribution in [0.1, 0.15) is 168 Å². The average Bonchev–Trinajstić information content (AvgIpc) is 3.76. The monoisotopic (exact) mass is 622 g/mol. The van der Waals surface area contributed by atoms with Gasteiger partial charge in [-0.05, 0) is 77.2 Å². The highest BCUT2D eigenvalue weighted by Crippen LogP contribution is 2.34. The maximum atomic E-state index is 11.6.